The van der Waals surface area contributed by atoms with Gasteiger partial charge in [0.15, 0.2) is 12.6 Å². The number of ether oxygens (including phenoxy) is 6. The fraction of sp³-hybridized carbons (Fsp3) is 0.724. The van der Waals surface area contributed by atoms with Crippen LogP contribution in [0.2, 0.25) is 0 Å². The Balaban J connectivity index is 1.03. The molecule has 18 atom stereocenters. The molecular formula is C58H91N9O12. The van der Waals surface area contributed by atoms with Crippen molar-refractivity contribution in [3.63, 3.8) is 0 Å². The van der Waals surface area contributed by atoms with Gasteiger partial charge in [0.05, 0.1) is 59.1 Å². The molecular weight excluding hydrogens is 1010 g/mol. The minimum Gasteiger partial charge on any atom is -0.459 e. The summed E-state index contributed by atoms with van der Waals surface area (Å²) in [4.78, 5) is 22.7. The predicted molar refractivity (Wildman–Crippen MR) is 294 cm³/mol. The van der Waals surface area contributed by atoms with Gasteiger partial charge in [-0.2, -0.15) is 0 Å². The van der Waals surface area contributed by atoms with Crippen molar-refractivity contribution in [2.24, 2.45) is 17.8 Å². The van der Waals surface area contributed by atoms with Gasteiger partial charge in [0, 0.05) is 81.7 Å². The van der Waals surface area contributed by atoms with E-state index in [0.29, 0.717) is 25.9 Å². The van der Waals surface area contributed by atoms with Crippen molar-refractivity contribution in [2.45, 2.75) is 217 Å². The van der Waals surface area contributed by atoms with Crippen molar-refractivity contribution in [2.75, 3.05) is 34.3 Å². The zero-order chi connectivity index (χ0) is 57.6. The Morgan fingerprint density at radius 1 is 0.886 bits per heavy atom. The molecule has 0 amide bonds. The number of aryl methyl sites for hydroxylation is 2. The van der Waals surface area contributed by atoms with E-state index < -0.39 is 102 Å². The van der Waals surface area contributed by atoms with E-state index in [1.54, 1.807) is 58.6 Å². The number of aliphatic hydroxyl groups is 5. The quantitative estimate of drug-likeness (QED) is 0.0705. The fourth-order valence-corrected chi connectivity index (χ4v) is 12.1. The second-order valence-electron chi connectivity index (χ2n) is 23.8. The molecule has 0 unspecified atom stereocenters. The number of cyclic esters (lactones) is 1. The molecule has 0 aliphatic carbocycles. The van der Waals surface area contributed by atoms with E-state index in [1.807, 2.05) is 69.0 Å². The second-order valence-corrected chi connectivity index (χ2v) is 23.8. The normalized spacial score (nSPS) is 36.6. The van der Waals surface area contributed by atoms with Gasteiger partial charge in [-0.3, -0.25) is 14.5 Å². The van der Waals surface area contributed by atoms with E-state index in [1.165, 1.54) is 19.6 Å². The number of unbranched alkanes of at least 4 members (excludes halogenated alkanes) is 1. The topological polar surface area (TPSA) is 254 Å². The van der Waals surface area contributed by atoms with Crippen molar-refractivity contribution in [3.05, 3.63) is 72.4 Å². The summed E-state index contributed by atoms with van der Waals surface area (Å²) in [7, 11) is 5.31. The molecule has 0 spiro atoms. The Bertz CT molecular complexity index is 2520. The molecule has 3 aromatic heterocycles. The number of hydrogen-bond acceptors (Lipinski definition) is 19. The fourth-order valence-electron chi connectivity index (χ4n) is 12.1. The highest BCUT2D eigenvalue weighted by atomic mass is 16.7. The third-order valence-electron chi connectivity index (χ3n) is 17.2. The average molecular weight is 1110 g/mol. The van der Waals surface area contributed by atoms with Crippen LogP contribution in [-0.2, 0) is 52.6 Å². The van der Waals surface area contributed by atoms with Gasteiger partial charge in [-0.15, -0.1) is 10.2 Å². The highest BCUT2D eigenvalue weighted by Crippen LogP contribution is 2.40. The summed E-state index contributed by atoms with van der Waals surface area (Å²) in [5.74, 6) is -2.77. The van der Waals surface area contributed by atoms with Gasteiger partial charge in [0.25, 0.3) is 0 Å². The number of aromatic nitrogens is 7. The summed E-state index contributed by atoms with van der Waals surface area (Å²) in [6.07, 6.45) is 1.80. The number of benzene rings is 1. The molecule has 0 saturated carbocycles. The van der Waals surface area contributed by atoms with E-state index in [0.717, 1.165) is 48.4 Å². The summed E-state index contributed by atoms with van der Waals surface area (Å²) in [5.41, 5.74) is 0.149. The van der Waals surface area contributed by atoms with Gasteiger partial charge >= 0.3 is 5.97 Å². The first-order chi connectivity index (χ1) is 37.3. The highest BCUT2D eigenvalue weighted by Gasteiger charge is 2.53. The molecule has 6 heterocycles. The first kappa shape index (κ1) is 62.2. The molecule has 0 bridgehead atoms. The van der Waals surface area contributed by atoms with Crippen molar-refractivity contribution in [1.29, 1.82) is 0 Å². The van der Waals surface area contributed by atoms with E-state index in [4.69, 9.17) is 28.4 Å². The molecule has 440 valence electrons. The SMILES string of the molecule is CC[C@H]1OC(=O)[C@H](C)[C@@H](O[C@H]2C[C@@](C)(OC)[C@@H](O)[C@H](C)O2)[C@H](C)[C@@H](O[C@@H]2O[C@H](C)C[C@H](N(C)CCc3cn(CCCCc4ccc(-n5cc(-c6cccnc6)nn5)cc4)nn3)[C@H]2O)[C@](C)(O)C[C@@H](C)CN(C)[C@H](C)[C@@H](O)[C@]1(C)O. The Hall–Kier alpha value is -4.36. The summed E-state index contributed by atoms with van der Waals surface area (Å²) < 4.78 is 42.1. The number of methoxy groups -OCH3 is 1. The molecule has 21 heteroatoms. The average Bonchev–Trinajstić information content (AvgIpc) is 4.18. The maximum Gasteiger partial charge on any atom is 0.311 e. The molecule has 5 N–H and O–H groups in total. The van der Waals surface area contributed by atoms with E-state index in [9.17, 15) is 30.3 Å². The Labute approximate surface area is 466 Å². The summed E-state index contributed by atoms with van der Waals surface area (Å²) >= 11 is 0. The molecule has 3 fully saturated rings. The number of likely N-dealkylation sites (N-methyl/N-ethyl adjacent to an activating group) is 2. The molecule has 4 aromatic rings. The number of rotatable bonds is 17. The Morgan fingerprint density at radius 3 is 2.30 bits per heavy atom. The molecule has 3 aliphatic rings. The summed E-state index contributed by atoms with van der Waals surface area (Å²) in [6.45, 7) is 19.3. The first-order valence-corrected chi connectivity index (χ1v) is 28.4. The van der Waals surface area contributed by atoms with Crippen LogP contribution in [0.5, 0.6) is 0 Å². The molecule has 7 rings (SSSR count). The van der Waals surface area contributed by atoms with Crippen molar-refractivity contribution in [1.82, 2.24) is 44.8 Å². The molecule has 1 aromatic carbocycles. The summed E-state index contributed by atoms with van der Waals surface area (Å²) in [6, 6.07) is 11.2. The van der Waals surface area contributed by atoms with Gasteiger partial charge in [0.2, 0.25) is 0 Å². The van der Waals surface area contributed by atoms with Crippen LogP contribution in [0.15, 0.2) is 61.2 Å². The van der Waals surface area contributed by atoms with Crippen molar-refractivity contribution >= 4 is 5.97 Å². The van der Waals surface area contributed by atoms with Gasteiger partial charge in [-0.05, 0) is 137 Å². The van der Waals surface area contributed by atoms with Crippen molar-refractivity contribution < 1.29 is 58.7 Å². The van der Waals surface area contributed by atoms with E-state index in [2.05, 4.69) is 54.8 Å². The molecule has 79 heavy (non-hydrogen) atoms. The first-order valence-electron chi connectivity index (χ1n) is 28.4. The zero-order valence-corrected chi connectivity index (χ0v) is 48.8. The molecule has 21 nitrogen and oxygen atoms in total. The smallest absolute Gasteiger partial charge is 0.311 e. The van der Waals surface area contributed by atoms with Crippen LogP contribution in [0.3, 0.4) is 0 Å². The van der Waals surface area contributed by atoms with Crippen LogP contribution in [0.1, 0.15) is 119 Å². The van der Waals surface area contributed by atoms with Crippen LogP contribution in [0.4, 0.5) is 0 Å². The largest absolute Gasteiger partial charge is 0.459 e. The highest BCUT2D eigenvalue weighted by molar-refractivity contribution is 5.73. The van der Waals surface area contributed by atoms with Crippen LogP contribution in [0.25, 0.3) is 16.9 Å². The number of esters is 1. The molecule has 3 aliphatic heterocycles. The maximum atomic E-state index is 14.5. The standard InChI is InChI=1S/C58H91N9O12/c1-14-47-58(10,73)51(69)39(6)65(12)32-35(2)29-56(8,72)53(37(4)50(38(5)54(71)77-47)78-48-30-57(9,74-13)52(70)40(7)76-48)79-55-49(68)46(28-36(3)75-55)64(11)27-24-43-33-66(62-60-43)26-16-15-18-41-20-22-44(23-21-41)67-34-45(61-63-67)42-19-17-25-59-31-42/h17,19-23,25,31,33-40,46-53,55,68-70,72-73H,14-16,18,24,26-30,32H2,1-13H3/t35-,36-,37+,38-,39-,40+,46+,47-,48+,49-,50+,51-,52+,53-,55+,56-,57-,58-/m1/s1. The minimum atomic E-state index is -1.84. The zero-order valence-electron chi connectivity index (χ0n) is 48.8. The van der Waals surface area contributed by atoms with E-state index in [-0.39, 0.29) is 31.3 Å². The van der Waals surface area contributed by atoms with Gasteiger partial charge in [-0.1, -0.05) is 43.3 Å². The number of carbonyl (C=O) groups excluding carboxylic acids is 1. The lowest BCUT2D eigenvalue weighted by molar-refractivity contribution is -0.318. The van der Waals surface area contributed by atoms with Gasteiger partial charge < -0.3 is 63.8 Å². The number of hydrogen-bond donors (Lipinski definition) is 5. The van der Waals surface area contributed by atoms with Crippen LogP contribution < -0.4 is 0 Å². The second kappa shape index (κ2) is 26.7. The number of carbonyl (C=O) groups is 1. The number of nitrogens with zero attached hydrogens (tertiary/aromatic N) is 9. The lowest BCUT2D eigenvalue weighted by Gasteiger charge is -2.49. The Kier molecular flexibility index (Phi) is 21.0. The number of aliphatic hydroxyl groups excluding tert-OH is 3. The monoisotopic (exact) mass is 1110 g/mol. The lowest BCUT2D eigenvalue weighted by Crippen LogP contribution is -2.61. The molecule has 3 saturated heterocycles. The Morgan fingerprint density at radius 2 is 1.62 bits per heavy atom. The third-order valence-corrected chi connectivity index (χ3v) is 17.2. The lowest BCUT2D eigenvalue weighted by atomic mass is 9.77. The van der Waals surface area contributed by atoms with Crippen LogP contribution in [-0.4, -0.2) is 201 Å². The minimum absolute atomic E-state index is 0.104. The maximum absolute atomic E-state index is 14.5. The predicted octanol–water partition coefficient (Wildman–Crippen LogP) is 4.77. The van der Waals surface area contributed by atoms with Gasteiger partial charge in [-0.25, -0.2) is 4.68 Å². The van der Waals surface area contributed by atoms with E-state index >= 15 is 0 Å². The molecule has 0 radical (unpaired) electrons. The third kappa shape index (κ3) is 15.0. The van der Waals surface area contributed by atoms with Crippen LogP contribution >= 0.6 is 0 Å². The number of pyridine rings is 1. The van der Waals surface area contributed by atoms with Crippen LogP contribution in [0, 0.1) is 17.8 Å². The van der Waals surface area contributed by atoms with Crippen molar-refractivity contribution in [3.8, 4) is 16.9 Å². The summed E-state index contributed by atoms with van der Waals surface area (Å²) in [5, 5.41) is 77.4. The van der Waals surface area contributed by atoms with Gasteiger partial charge in [0.1, 0.15) is 35.7 Å².